The van der Waals surface area contributed by atoms with Crippen molar-refractivity contribution >= 4 is 17.4 Å². The van der Waals surface area contributed by atoms with Crippen molar-refractivity contribution in [3.63, 3.8) is 0 Å². The molecule has 0 bridgehead atoms. The molecule has 1 aromatic carbocycles. The predicted molar refractivity (Wildman–Crippen MR) is 130 cm³/mol. The molecule has 172 valence electrons. The zero-order valence-electron chi connectivity index (χ0n) is 19.2. The second kappa shape index (κ2) is 8.89. The van der Waals surface area contributed by atoms with E-state index in [4.69, 9.17) is 10.5 Å². The summed E-state index contributed by atoms with van der Waals surface area (Å²) in [5.41, 5.74) is 8.97. The van der Waals surface area contributed by atoms with Crippen molar-refractivity contribution in [2.24, 2.45) is 10.7 Å². The van der Waals surface area contributed by atoms with Gasteiger partial charge in [0.2, 0.25) is 0 Å². The molecule has 0 unspecified atom stereocenters. The van der Waals surface area contributed by atoms with Crippen LogP contribution in [0.3, 0.4) is 0 Å². The number of fused-ring (bicyclic) bond motifs is 1. The van der Waals surface area contributed by atoms with E-state index in [2.05, 4.69) is 14.9 Å². The Morgan fingerprint density at radius 2 is 1.88 bits per heavy atom. The number of ether oxygens (including phenoxy) is 1. The molecule has 0 radical (unpaired) electrons. The molecular formula is C26H31N5O2. The van der Waals surface area contributed by atoms with Crippen molar-refractivity contribution in [3.8, 4) is 5.75 Å². The summed E-state index contributed by atoms with van der Waals surface area (Å²) < 4.78 is 6.54. The van der Waals surface area contributed by atoms with Crippen LogP contribution in [0.15, 0.2) is 59.4 Å². The Hall–Kier alpha value is -3.35. The van der Waals surface area contributed by atoms with Crippen LogP contribution in [-0.2, 0) is 0 Å². The summed E-state index contributed by atoms with van der Waals surface area (Å²) in [7, 11) is 1.79. The molecule has 0 aliphatic carbocycles. The molecule has 5 rings (SSSR count). The van der Waals surface area contributed by atoms with Gasteiger partial charge in [-0.2, -0.15) is 0 Å². The van der Waals surface area contributed by atoms with Gasteiger partial charge in [0.1, 0.15) is 17.2 Å². The van der Waals surface area contributed by atoms with Crippen molar-refractivity contribution in [2.75, 3.05) is 38.1 Å². The predicted octanol–water partition coefficient (Wildman–Crippen LogP) is 3.40. The van der Waals surface area contributed by atoms with E-state index in [9.17, 15) is 4.79 Å². The number of amides is 1. The summed E-state index contributed by atoms with van der Waals surface area (Å²) >= 11 is 0. The maximum Gasteiger partial charge on any atom is 0.254 e. The minimum Gasteiger partial charge on any atom is -0.482 e. The minimum atomic E-state index is -0.564. The molecule has 7 nitrogen and oxygen atoms in total. The van der Waals surface area contributed by atoms with Crippen molar-refractivity contribution in [1.29, 1.82) is 0 Å². The number of anilines is 1. The molecule has 1 spiro atoms. The number of nitrogens with zero attached hydrogens (tertiary/aromatic N) is 4. The van der Waals surface area contributed by atoms with Crippen LogP contribution in [-0.4, -0.2) is 60.3 Å². The van der Waals surface area contributed by atoms with Crippen LogP contribution in [0.1, 0.15) is 48.0 Å². The highest BCUT2D eigenvalue weighted by Gasteiger charge is 2.46. The van der Waals surface area contributed by atoms with Crippen LogP contribution in [0.4, 0.5) is 5.82 Å². The SMILES string of the molecule is CN=C1C(=CN)C2(CCN(C(=O)c3ccnc(N4CCCCC4)c3)CC2)Oc2ccccc21. The van der Waals surface area contributed by atoms with E-state index in [-0.39, 0.29) is 5.91 Å². The van der Waals surface area contributed by atoms with Gasteiger partial charge in [-0.15, -0.1) is 0 Å². The fourth-order valence-electron chi connectivity index (χ4n) is 5.32. The largest absolute Gasteiger partial charge is 0.482 e. The normalized spacial score (nSPS) is 22.3. The highest BCUT2D eigenvalue weighted by molar-refractivity contribution is 6.16. The first-order valence-corrected chi connectivity index (χ1v) is 11.8. The average molecular weight is 446 g/mol. The second-order valence-corrected chi connectivity index (χ2v) is 8.99. The summed E-state index contributed by atoms with van der Waals surface area (Å²) in [5, 5.41) is 0. The van der Waals surface area contributed by atoms with Gasteiger partial charge in [0.05, 0.1) is 5.71 Å². The lowest BCUT2D eigenvalue weighted by molar-refractivity contribution is 0.0285. The van der Waals surface area contributed by atoms with E-state index < -0.39 is 5.60 Å². The Bertz CT molecular complexity index is 1100. The Morgan fingerprint density at radius 1 is 1.12 bits per heavy atom. The number of nitrogens with two attached hydrogens (primary N) is 1. The van der Waals surface area contributed by atoms with Crippen LogP contribution in [0.2, 0.25) is 0 Å². The molecule has 1 amide bonds. The molecule has 3 aliphatic rings. The molecule has 3 aliphatic heterocycles. The number of carbonyl (C=O) groups excluding carboxylic acids is 1. The Kier molecular flexibility index (Phi) is 5.79. The van der Waals surface area contributed by atoms with Crippen molar-refractivity contribution < 1.29 is 9.53 Å². The number of hydrogen-bond acceptors (Lipinski definition) is 6. The lowest BCUT2D eigenvalue weighted by Crippen LogP contribution is -2.54. The highest BCUT2D eigenvalue weighted by Crippen LogP contribution is 2.42. The van der Waals surface area contributed by atoms with E-state index in [1.54, 1.807) is 19.4 Å². The van der Waals surface area contributed by atoms with Crippen LogP contribution in [0.25, 0.3) is 0 Å². The molecule has 33 heavy (non-hydrogen) atoms. The number of piperidine rings is 2. The van der Waals surface area contributed by atoms with Crippen LogP contribution in [0, 0.1) is 0 Å². The van der Waals surface area contributed by atoms with E-state index in [1.165, 1.54) is 19.3 Å². The lowest BCUT2D eigenvalue weighted by atomic mass is 9.78. The van der Waals surface area contributed by atoms with Gasteiger partial charge in [-0.05, 0) is 43.5 Å². The maximum absolute atomic E-state index is 13.4. The van der Waals surface area contributed by atoms with Crippen LogP contribution >= 0.6 is 0 Å². The maximum atomic E-state index is 13.4. The van der Waals surface area contributed by atoms with E-state index in [1.807, 2.05) is 41.3 Å². The number of aliphatic imine (C=N–C) groups is 1. The zero-order chi connectivity index (χ0) is 22.8. The quantitative estimate of drug-likeness (QED) is 0.766. The number of carbonyl (C=O) groups is 1. The van der Waals surface area contributed by atoms with Gasteiger partial charge in [0.15, 0.2) is 0 Å². The third kappa shape index (κ3) is 3.86. The molecule has 2 N–H and O–H groups in total. The molecule has 7 heteroatoms. The molecule has 2 fully saturated rings. The lowest BCUT2D eigenvalue weighted by Gasteiger charge is -2.46. The van der Waals surface area contributed by atoms with Gasteiger partial charge in [-0.3, -0.25) is 9.79 Å². The molecule has 1 aromatic heterocycles. The van der Waals surface area contributed by atoms with Crippen molar-refractivity contribution in [1.82, 2.24) is 9.88 Å². The molecule has 4 heterocycles. The minimum absolute atomic E-state index is 0.0457. The molecule has 0 atom stereocenters. The number of pyridine rings is 1. The number of aromatic nitrogens is 1. The van der Waals surface area contributed by atoms with E-state index >= 15 is 0 Å². The molecule has 2 aromatic rings. The van der Waals surface area contributed by atoms with Crippen LogP contribution < -0.4 is 15.4 Å². The number of likely N-dealkylation sites (tertiary alicyclic amines) is 1. The van der Waals surface area contributed by atoms with Crippen LogP contribution in [0.5, 0.6) is 5.75 Å². The smallest absolute Gasteiger partial charge is 0.254 e. The summed E-state index contributed by atoms with van der Waals surface area (Å²) in [6.45, 7) is 3.20. The van der Waals surface area contributed by atoms with Gasteiger partial charge in [-0.1, -0.05) is 12.1 Å². The standard InChI is InChI=1S/C26H31N5O2/c1-28-24-20-7-3-4-8-22(20)33-26(21(24)18-27)10-15-31(16-11-26)25(32)19-9-12-29-23(17-19)30-13-5-2-6-14-30/h3-4,7-9,12,17-18H,2,5-6,10-11,13-16,27H2,1H3. The van der Waals surface area contributed by atoms with E-state index in [0.29, 0.717) is 31.5 Å². The number of rotatable bonds is 2. The third-order valence-electron chi connectivity index (χ3n) is 7.11. The first-order chi connectivity index (χ1) is 16.1. The molecule has 2 saturated heterocycles. The number of hydrogen-bond donors (Lipinski definition) is 1. The number of benzene rings is 1. The monoisotopic (exact) mass is 445 g/mol. The van der Waals surface area contributed by atoms with E-state index in [0.717, 1.165) is 41.5 Å². The molecular weight excluding hydrogens is 414 g/mol. The van der Waals surface area contributed by atoms with Gasteiger partial charge < -0.3 is 20.3 Å². The Balaban J connectivity index is 1.34. The first kappa shape index (κ1) is 21.5. The Morgan fingerprint density at radius 3 is 2.61 bits per heavy atom. The highest BCUT2D eigenvalue weighted by atomic mass is 16.5. The zero-order valence-corrected chi connectivity index (χ0v) is 19.2. The topological polar surface area (TPSA) is 84.0 Å². The fourth-order valence-corrected chi connectivity index (χ4v) is 5.32. The fraction of sp³-hybridized carbons (Fsp3) is 0.423. The van der Waals surface area contributed by atoms with Gasteiger partial charge >= 0.3 is 0 Å². The van der Waals surface area contributed by atoms with Gasteiger partial charge in [-0.25, -0.2) is 4.98 Å². The average Bonchev–Trinajstić information content (AvgIpc) is 2.88. The second-order valence-electron chi connectivity index (χ2n) is 8.99. The summed E-state index contributed by atoms with van der Waals surface area (Å²) in [6, 6.07) is 11.7. The van der Waals surface area contributed by atoms with Crippen molar-refractivity contribution in [3.05, 3.63) is 65.5 Å². The summed E-state index contributed by atoms with van der Waals surface area (Å²) in [5.74, 6) is 1.77. The Labute approximate surface area is 195 Å². The van der Waals surface area contributed by atoms with Gasteiger partial charge in [0.25, 0.3) is 5.91 Å². The van der Waals surface area contributed by atoms with Gasteiger partial charge in [0, 0.05) is 75.2 Å². The third-order valence-corrected chi connectivity index (χ3v) is 7.11. The summed E-state index contributed by atoms with van der Waals surface area (Å²) in [6.07, 6.45) is 8.33. The molecule has 0 saturated carbocycles. The first-order valence-electron chi connectivity index (χ1n) is 11.8. The number of para-hydroxylation sites is 1. The summed E-state index contributed by atoms with van der Waals surface area (Å²) in [4.78, 5) is 26.6. The van der Waals surface area contributed by atoms with Crippen molar-refractivity contribution in [2.45, 2.75) is 37.7 Å².